The van der Waals surface area contributed by atoms with E-state index in [1.165, 1.54) is 89.9 Å². The number of aliphatic hydroxyl groups excluding tert-OH is 1. The zero-order valence-corrected chi connectivity index (χ0v) is 27.2. The predicted molar refractivity (Wildman–Crippen MR) is 174 cm³/mol. The van der Waals surface area contributed by atoms with Crippen molar-refractivity contribution in [3.63, 3.8) is 0 Å². The van der Waals surface area contributed by atoms with E-state index in [2.05, 4.69) is 20.6 Å². The third-order valence-corrected chi connectivity index (χ3v) is 10.1. The van der Waals surface area contributed by atoms with Crippen LogP contribution in [0.2, 0.25) is 0 Å². The van der Waals surface area contributed by atoms with Crippen LogP contribution in [0.25, 0.3) is 0 Å². The molecule has 11 heteroatoms. The number of unbranched alkanes of at least 4 members (excludes halogenated alkanes) is 16. The van der Waals surface area contributed by atoms with Crippen molar-refractivity contribution in [2.45, 2.75) is 128 Å². The van der Waals surface area contributed by atoms with E-state index in [1.54, 1.807) is 0 Å². The number of anilines is 2. The first-order chi connectivity index (χ1) is 20.5. The minimum Gasteiger partial charge on any atom is -0.396 e. The summed E-state index contributed by atoms with van der Waals surface area (Å²) in [5.74, 6) is 0.200. The molecule has 0 amide bonds. The minimum absolute atomic E-state index is 0.0681. The van der Waals surface area contributed by atoms with Crippen LogP contribution in [0, 0.1) is 0 Å². The fourth-order valence-corrected chi connectivity index (χ4v) is 7.25. The van der Waals surface area contributed by atoms with Crippen LogP contribution in [0.15, 0.2) is 4.79 Å². The average molecular weight is 614 g/mol. The summed E-state index contributed by atoms with van der Waals surface area (Å²) < 4.78 is 24.4. The molecule has 1 aliphatic heterocycles. The molecule has 2 heterocycles. The van der Waals surface area contributed by atoms with Gasteiger partial charge in [0.1, 0.15) is 5.69 Å². The molecule has 1 aromatic rings. The molecule has 244 valence electrons. The first-order valence-corrected chi connectivity index (χ1v) is 18.5. The number of nitrogens with one attached hydrogen (secondary N) is 3. The van der Waals surface area contributed by atoms with Crippen LogP contribution in [0.1, 0.15) is 134 Å². The lowest BCUT2D eigenvalue weighted by molar-refractivity contribution is 0.207. The molecule has 6 N–H and O–H groups in total. The summed E-state index contributed by atoms with van der Waals surface area (Å²) in [4.78, 5) is 18.8. The summed E-state index contributed by atoms with van der Waals surface area (Å²) in [5, 5.41) is 15.3. The number of hydrogen-bond acceptors (Lipinski definition) is 9. The maximum Gasteiger partial charge on any atom is 0.330 e. The van der Waals surface area contributed by atoms with E-state index in [9.17, 15) is 9.36 Å². The molecule has 2 unspecified atom stereocenters. The topological polar surface area (TPSA) is 152 Å². The summed E-state index contributed by atoms with van der Waals surface area (Å²) in [6.45, 7) is 5.03. The van der Waals surface area contributed by atoms with Crippen LogP contribution in [0.5, 0.6) is 0 Å². The standard InChI is InChI=1S/C31H60N5O5P/c1-2-40-42(39,24-20-21-33-25-27-26-34-29-28(27)35-31(32)36-30(29)38)41-23-19-17-15-13-11-9-7-5-3-4-6-8-10-12-14-16-18-22-37/h27,33-34,37H,2-26H2,1H3,(H3,32,35,36,38). The number of nitrogens with zero attached hydrogens (tertiary/aromatic N) is 1. The number of hydrogen-bond donors (Lipinski definition) is 5. The fraction of sp³-hybridized carbons (Fsp3) is 0.871. The highest BCUT2D eigenvalue weighted by molar-refractivity contribution is 7.53. The summed E-state index contributed by atoms with van der Waals surface area (Å²) in [7, 11) is -3.08. The van der Waals surface area contributed by atoms with Gasteiger partial charge in [0.05, 0.1) is 25.1 Å². The summed E-state index contributed by atoms with van der Waals surface area (Å²) in [6.07, 6.45) is 22.5. The van der Waals surface area contributed by atoms with Crippen molar-refractivity contribution in [2.24, 2.45) is 0 Å². The van der Waals surface area contributed by atoms with Crippen molar-refractivity contribution >= 4 is 19.2 Å². The maximum atomic E-state index is 13.1. The van der Waals surface area contributed by atoms with Crippen molar-refractivity contribution in [3.05, 3.63) is 16.0 Å². The van der Waals surface area contributed by atoms with Gasteiger partial charge < -0.3 is 30.5 Å². The van der Waals surface area contributed by atoms with Gasteiger partial charge >= 0.3 is 7.60 Å². The number of H-pyrrole nitrogens is 1. The lowest BCUT2D eigenvalue weighted by Gasteiger charge is -2.18. The Labute approximate surface area is 254 Å². The van der Waals surface area contributed by atoms with Crippen LogP contribution < -0.4 is 21.9 Å². The summed E-state index contributed by atoms with van der Waals surface area (Å²) in [5.41, 5.74) is 6.66. The Hall–Kier alpha value is -1.45. The van der Waals surface area contributed by atoms with E-state index in [4.69, 9.17) is 19.9 Å². The van der Waals surface area contributed by atoms with E-state index < -0.39 is 7.60 Å². The zero-order valence-electron chi connectivity index (χ0n) is 26.3. The Balaban J connectivity index is 1.41. The Morgan fingerprint density at radius 2 is 1.43 bits per heavy atom. The number of nitrogen functional groups attached to an aromatic ring is 1. The maximum absolute atomic E-state index is 13.1. The molecule has 0 saturated heterocycles. The third kappa shape index (κ3) is 15.9. The highest BCUT2D eigenvalue weighted by atomic mass is 31.2. The van der Waals surface area contributed by atoms with Gasteiger partial charge in [0.2, 0.25) is 5.95 Å². The zero-order chi connectivity index (χ0) is 30.3. The molecular formula is C31H60N5O5P. The molecule has 1 aromatic heterocycles. The van der Waals surface area contributed by atoms with Crippen molar-refractivity contribution in [2.75, 3.05) is 56.7 Å². The van der Waals surface area contributed by atoms with Gasteiger partial charge in [0.25, 0.3) is 5.56 Å². The summed E-state index contributed by atoms with van der Waals surface area (Å²) >= 11 is 0. The Bertz CT molecular complexity index is 931. The van der Waals surface area contributed by atoms with Gasteiger partial charge in [-0.1, -0.05) is 96.3 Å². The second-order valence-electron chi connectivity index (χ2n) is 11.7. The van der Waals surface area contributed by atoms with Gasteiger partial charge in [-0.25, -0.2) is 4.98 Å². The molecule has 2 atom stereocenters. The minimum atomic E-state index is -3.08. The molecule has 0 aromatic carbocycles. The number of nitrogens with two attached hydrogens (primary N) is 1. The lowest BCUT2D eigenvalue weighted by atomic mass is 10.0. The predicted octanol–water partition coefficient (Wildman–Crippen LogP) is 6.71. The molecule has 42 heavy (non-hydrogen) atoms. The van der Waals surface area contributed by atoms with Gasteiger partial charge in [-0.15, -0.1) is 0 Å². The molecule has 0 radical (unpaired) electrons. The number of aromatic amines is 1. The Morgan fingerprint density at radius 1 is 0.881 bits per heavy atom. The van der Waals surface area contributed by atoms with Crippen molar-refractivity contribution in [1.82, 2.24) is 15.3 Å². The van der Waals surface area contributed by atoms with Crippen molar-refractivity contribution < 1.29 is 18.7 Å². The van der Waals surface area contributed by atoms with E-state index >= 15 is 0 Å². The van der Waals surface area contributed by atoms with Gasteiger partial charge in [-0.3, -0.25) is 14.3 Å². The monoisotopic (exact) mass is 613 g/mol. The first kappa shape index (κ1) is 36.7. The molecule has 10 nitrogen and oxygen atoms in total. The van der Waals surface area contributed by atoms with Crippen molar-refractivity contribution in [3.8, 4) is 0 Å². The molecule has 0 saturated carbocycles. The summed E-state index contributed by atoms with van der Waals surface area (Å²) in [6, 6.07) is 0. The van der Waals surface area contributed by atoms with Gasteiger partial charge in [-0.05, 0) is 32.7 Å². The molecule has 2 rings (SSSR count). The van der Waals surface area contributed by atoms with Crippen LogP contribution in [-0.2, 0) is 13.6 Å². The normalized spacial score (nSPS) is 15.9. The molecule has 0 spiro atoms. The lowest BCUT2D eigenvalue weighted by Crippen LogP contribution is -2.25. The van der Waals surface area contributed by atoms with Crippen LogP contribution in [-0.4, -0.2) is 60.7 Å². The van der Waals surface area contributed by atoms with E-state index in [0.717, 1.165) is 19.3 Å². The fourth-order valence-electron chi connectivity index (χ4n) is 5.57. The van der Waals surface area contributed by atoms with Crippen molar-refractivity contribution in [1.29, 1.82) is 0 Å². The van der Waals surface area contributed by atoms with E-state index in [1.807, 2.05) is 6.92 Å². The Kier molecular flexibility index (Phi) is 20.1. The van der Waals surface area contributed by atoms with Crippen LogP contribution in [0.4, 0.5) is 11.6 Å². The second kappa shape index (κ2) is 23.0. The number of rotatable bonds is 28. The van der Waals surface area contributed by atoms with Crippen LogP contribution >= 0.6 is 7.60 Å². The number of aliphatic hydroxyl groups is 1. The molecular weight excluding hydrogens is 553 g/mol. The second-order valence-corrected chi connectivity index (χ2v) is 13.9. The number of aromatic nitrogens is 2. The SMILES string of the molecule is CCOP(=O)(CCCNCC1CNc2c1nc(N)[nH]c2=O)OCCCCCCCCCCCCCCCCCCCO. The molecule has 0 bridgehead atoms. The largest absolute Gasteiger partial charge is 0.396 e. The van der Waals surface area contributed by atoms with Gasteiger partial charge in [0.15, 0.2) is 0 Å². The van der Waals surface area contributed by atoms with E-state index in [0.29, 0.717) is 63.4 Å². The van der Waals surface area contributed by atoms with E-state index in [-0.39, 0.29) is 17.4 Å². The quantitative estimate of drug-likeness (QED) is 0.0513. The molecule has 0 aliphatic carbocycles. The highest BCUT2D eigenvalue weighted by Gasteiger charge is 2.27. The number of fused-ring (bicyclic) bond motifs is 1. The van der Waals surface area contributed by atoms with Gasteiger partial charge in [0, 0.05) is 25.6 Å². The first-order valence-electron chi connectivity index (χ1n) is 16.8. The third-order valence-electron chi connectivity index (χ3n) is 7.97. The van der Waals surface area contributed by atoms with Crippen LogP contribution in [0.3, 0.4) is 0 Å². The molecule has 1 aliphatic rings. The van der Waals surface area contributed by atoms with Gasteiger partial charge in [-0.2, -0.15) is 0 Å². The Morgan fingerprint density at radius 3 is 1.98 bits per heavy atom. The smallest absolute Gasteiger partial charge is 0.330 e. The highest BCUT2D eigenvalue weighted by Crippen LogP contribution is 2.48. The average Bonchev–Trinajstić information content (AvgIpc) is 3.37. The molecule has 0 fully saturated rings.